The van der Waals surface area contributed by atoms with Crippen LogP contribution in [0.4, 0.5) is 0 Å². The smallest absolute Gasteiger partial charge is 0.230 e. The van der Waals surface area contributed by atoms with Gasteiger partial charge in [0.25, 0.3) is 0 Å². The maximum absolute atomic E-state index is 12.9. The molecule has 2 rings (SSSR count). The number of carbonyl (C=O) groups is 1. The number of carbonyl (C=O) groups excluding carboxylic acids is 1. The van der Waals surface area contributed by atoms with Crippen molar-refractivity contribution >= 4 is 5.91 Å². The predicted octanol–water partition coefficient (Wildman–Crippen LogP) is 4.78. The van der Waals surface area contributed by atoms with E-state index in [0.29, 0.717) is 18.0 Å². The van der Waals surface area contributed by atoms with Crippen LogP contribution >= 0.6 is 0 Å². The van der Waals surface area contributed by atoms with Crippen molar-refractivity contribution in [1.82, 2.24) is 4.90 Å². The lowest BCUT2D eigenvalue weighted by molar-refractivity contribution is -0.138. The molecule has 0 saturated carbocycles. The molecule has 1 aromatic carbocycles. The van der Waals surface area contributed by atoms with Crippen molar-refractivity contribution in [1.29, 1.82) is 0 Å². The summed E-state index contributed by atoms with van der Waals surface area (Å²) in [6.07, 6.45) is 4.61. The van der Waals surface area contributed by atoms with Gasteiger partial charge in [-0.3, -0.25) is 4.79 Å². The Morgan fingerprint density at radius 1 is 1.09 bits per heavy atom. The molecule has 122 valence electrons. The van der Waals surface area contributed by atoms with Crippen LogP contribution in [-0.4, -0.2) is 22.9 Å². The van der Waals surface area contributed by atoms with Crippen molar-refractivity contribution < 1.29 is 4.79 Å². The van der Waals surface area contributed by atoms with Gasteiger partial charge in [-0.05, 0) is 63.5 Å². The fourth-order valence-electron chi connectivity index (χ4n) is 3.64. The van der Waals surface area contributed by atoms with Gasteiger partial charge < -0.3 is 4.90 Å². The van der Waals surface area contributed by atoms with Crippen molar-refractivity contribution in [2.24, 2.45) is 5.92 Å². The molecule has 1 aliphatic heterocycles. The molecular weight excluding hydrogens is 270 g/mol. The lowest BCUT2D eigenvalue weighted by Crippen LogP contribution is -2.49. The molecule has 1 fully saturated rings. The zero-order valence-corrected chi connectivity index (χ0v) is 14.8. The van der Waals surface area contributed by atoms with E-state index in [1.807, 2.05) is 6.92 Å². The molecule has 1 saturated heterocycles. The largest absolute Gasteiger partial charge is 0.337 e. The maximum Gasteiger partial charge on any atom is 0.230 e. The van der Waals surface area contributed by atoms with Crippen LogP contribution in [0.2, 0.25) is 0 Å². The second-order valence-electron chi connectivity index (χ2n) is 7.44. The Bertz CT molecular complexity index is 481. The molecule has 0 bridgehead atoms. The normalized spacial score (nSPS) is 23.6. The zero-order valence-electron chi connectivity index (χ0n) is 14.8. The molecule has 1 aliphatic rings. The summed E-state index contributed by atoms with van der Waals surface area (Å²) >= 11 is 0. The number of piperidine rings is 1. The minimum atomic E-state index is -0.0453. The van der Waals surface area contributed by atoms with E-state index in [9.17, 15) is 4.79 Å². The van der Waals surface area contributed by atoms with Crippen LogP contribution in [-0.2, 0) is 11.2 Å². The predicted molar refractivity (Wildman–Crippen MR) is 93.0 cm³/mol. The summed E-state index contributed by atoms with van der Waals surface area (Å²) < 4.78 is 0. The van der Waals surface area contributed by atoms with Gasteiger partial charge in [-0.1, -0.05) is 38.1 Å². The van der Waals surface area contributed by atoms with Gasteiger partial charge in [0.1, 0.15) is 0 Å². The van der Waals surface area contributed by atoms with Crippen LogP contribution in [0.1, 0.15) is 70.9 Å². The molecule has 3 atom stereocenters. The second-order valence-corrected chi connectivity index (χ2v) is 7.44. The lowest BCUT2D eigenvalue weighted by atomic mass is 9.92. The summed E-state index contributed by atoms with van der Waals surface area (Å²) in [5.74, 6) is 0.910. The standard InChI is InChI=1S/C20H31NO/c1-14(2)13-18-9-11-19(12-10-18)17(5)20(22)21-15(3)7-6-8-16(21)4/h9-12,14-17H,6-8,13H2,1-5H3. The minimum absolute atomic E-state index is 0.0453. The first kappa shape index (κ1) is 17.1. The highest BCUT2D eigenvalue weighted by molar-refractivity contribution is 5.84. The van der Waals surface area contributed by atoms with Crippen LogP contribution in [0.25, 0.3) is 0 Å². The Labute approximate surface area is 135 Å². The summed E-state index contributed by atoms with van der Waals surface area (Å²) in [6, 6.07) is 9.39. The van der Waals surface area contributed by atoms with Gasteiger partial charge in [0.05, 0.1) is 5.92 Å². The SMILES string of the molecule is CC(C)Cc1ccc(C(C)C(=O)N2C(C)CCCC2C)cc1. The van der Waals surface area contributed by atoms with E-state index >= 15 is 0 Å². The first-order valence-electron chi connectivity index (χ1n) is 8.81. The molecule has 1 heterocycles. The second kappa shape index (κ2) is 7.30. The Kier molecular flexibility index (Phi) is 5.66. The monoisotopic (exact) mass is 301 g/mol. The van der Waals surface area contributed by atoms with Gasteiger partial charge in [-0.2, -0.15) is 0 Å². The average Bonchev–Trinajstić information content (AvgIpc) is 2.46. The van der Waals surface area contributed by atoms with Gasteiger partial charge in [0, 0.05) is 12.1 Å². The number of nitrogens with zero attached hydrogens (tertiary/aromatic N) is 1. The third-order valence-electron chi connectivity index (χ3n) is 4.94. The van der Waals surface area contributed by atoms with Gasteiger partial charge in [-0.25, -0.2) is 0 Å². The van der Waals surface area contributed by atoms with Crippen LogP contribution in [0.5, 0.6) is 0 Å². The fourth-order valence-corrected chi connectivity index (χ4v) is 3.64. The number of benzene rings is 1. The Morgan fingerprint density at radius 2 is 1.64 bits per heavy atom. The van der Waals surface area contributed by atoms with Crippen LogP contribution in [0.3, 0.4) is 0 Å². The number of hydrogen-bond acceptors (Lipinski definition) is 1. The van der Waals surface area contributed by atoms with Gasteiger partial charge >= 0.3 is 0 Å². The number of amides is 1. The highest BCUT2D eigenvalue weighted by Gasteiger charge is 2.32. The molecule has 22 heavy (non-hydrogen) atoms. The first-order valence-corrected chi connectivity index (χ1v) is 8.81. The Morgan fingerprint density at radius 3 is 2.14 bits per heavy atom. The molecular formula is C20H31NO. The van der Waals surface area contributed by atoms with Crippen molar-refractivity contribution in [3.8, 4) is 0 Å². The van der Waals surface area contributed by atoms with Crippen molar-refractivity contribution in [2.75, 3.05) is 0 Å². The molecule has 2 nitrogen and oxygen atoms in total. The van der Waals surface area contributed by atoms with Crippen LogP contribution in [0.15, 0.2) is 24.3 Å². The van der Waals surface area contributed by atoms with Gasteiger partial charge in [0.2, 0.25) is 5.91 Å². The van der Waals surface area contributed by atoms with E-state index in [2.05, 4.69) is 56.9 Å². The third-order valence-corrected chi connectivity index (χ3v) is 4.94. The summed E-state index contributed by atoms with van der Waals surface area (Å²) in [4.78, 5) is 15.0. The highest BCUT2D eigenvalue weighted by atomic mass is 16.2. The summed E-state index contributed by atoms with van der Waals surface area (Å²) in [5.41, 5.74) is 2.50. The number of hydrogen-bond donors (Lipinski definition) is 0. The van der Waals surface area contributed by atoms with Crippen molar-refractivity contribution in [3.63, 3.8) is 0 Å². The van der Waals surface area contributed by atoms with E-state index in [0.717, 1.165) is 24.8 Å². The van der Waals surface area contributed by atoms with Crippen LogP contribution in [0, 0.1) is 5.92 Å². The van der Waals surface area contributed by atoms with E-state index in [1.54, 1.807) is 0 Å². The van der Waals surface area contributed by atoms with Crippen molar-refractivity contribution in [2.45, 2.75) is 78.3 Å². The molecule has 0 spiro atoms. The van der Waals surface area contributed by atoms with E-state index < -0.39 is 0 Å². The molecule has 0 aliphatic carbocycles. The van der Waals surface area contributed by atoms with E-state index in [4.69, 9.17) is 0 Å². The number of likely N-dealkylation sites (tertiary alicyclic amines) is 1. The molecule has 3 unspecified atom stereocenters. The maximum atomic E-state index is 12.9. The lowest BCUT2D eigenvalue weighted by Gasteiger charge is -2.40. The van der Waals surface area contributed by atoms with Crippen LogP contribution < -0.4 is 0 Å². The van der Waals surface area contributed by atoms with Gasteiger partial charge in [0.15, 0.2) is 0 Å². The summed E-state index contributed by atoms with van der Waals surface area (Å²) in [7, 11) is 0. The highest BCUT2D eigenvalue weighted by Crippen LogP contribution is 2.28. The number of rotatable bonds is 4. The molecule has 0 aromatic heterocycles. The quantitative estimate of drug-likeness (QED) is 0.784. The zero-order chi connectivity index (χ0) is 16.3. The molecule has 1 amide bonds. The third kappa shape index (κ3) is 3.91. The summed E-state index contributed by atoms with van der Waals surface area (Å²) in [5, 5.41) is 0. The average molecular weight is 301 g/mol. The molecule has 0 radical (unpaired) electrons. The molecule has 0 N–H and O–H groups in total. The van der Waals surface area contributed by atoms with E-state index in [-0.39, 0.29) is 11.8 Å². The van der Waals surface area contributed by atoms with Gasteiger partial charge in [-0.15, -0.1) is 0 Å². The fraction of sp³-hybridized carbons (Fsp3) is 0.650. The Balaban J connectivity index is 2.09. The molecule has 1 aromatic rings. The first-order chi connectivity index (χ1) is 10.4. The molecule has 2 heteroatoms. The Hall–Kier alpha value is -1.31. The topological polar surface area (TPSA) is 20.3 Å². The summed E-state index contributed by atoms with van der Waals surface area (Å²) in [6.45, 7) is 10.9. The minimum Gasteiger partial charge on any atom is -0.337 e. The van der Waals surface area contributed by atoms with Crippen molar-refractivity contribution in [3.05, 3.63) is 35.4 Å². The van der Waals surface area contributed by atoms with E-state index in [1.165, 1.54) is 12.0 Å².